The van der Waals surface area contributed by atoms with Crippen molar-refractivity contribution in [3.8, 4) is 11.3 Å². The molecule has 10 heteroatoms. The molecule has 1 aliphatic heterocycles. The second-order valence-corrected chi connectivity index (χ2v) is 8.26. The first kappa shape index (κ1) is 19.2. The first-order valence-electron chi connectivity index (χ1n) is 9.49. The van der Waals surface area contributed by atoms with Crippen LogP contribution in [0.2, 0.25) is 5.02 Å². The first-order chi connectivity index (χ1) is 14.1. The van der Waals surface area contributed by atoms with E-state index in [1.54, 1.807) is 12.1 Å². The Hall–Kier alpha value is -2.81. The maximum absolute atomic E-state index is 13.2. The number of amides is 1. The van der Waals surface area contributed by atoms with Gasteiger partial charge < -0.3 is 10.6 Å². The lowest BCUT2D eigenvalue weighted by Gasteiger charge is -2.23. The smallest absolute Gasteiger partial charge is 0.381 e. The van der Waals surface area contributed by atoms with E-state index in [9.17, 15) is 18.0 Å². The van der Waals surface area contributed by atoms with E-state index in [0.717, 1.165) is 24.6 Å². The van der Waals surface area contributed by atoms with E-state index in [0.29, 0.717) is 29.3 Å². The monoisotopic (exact) mass is 435 g/mol. The number of anilines is 1. The van der Waals surface area contributed by atoms with E-state index >= 15 is 0 Å². The summed E-state index contributed by atoms with van der Waals surface area (Å²) >= 11 is 6.44. The van der Waals surface area contributed by atoms with Gasteiger partial charge in [-0.25, -0.2) is 9.97 Å². The second-order valence-electron chi connectivity index (χ2n) is 7.85. The fraction of sp³-hybridized carbons (Fsp3) is 0.350. The predicted octanol–water partition coefficient (Wildman–Crippen LogP) is 4.41. The van der Waals surface area contributed by atoms with E-state index < -0.39 is 11.9 Å². The third kappa shape index (κ3) is 2.91. The highest BCUT2D eigenvalue weighted by atomic mass is 35.5. The lowest BCUT2D eigenvalue weighted by atomic mass is 10.0. The molecule has 0 saturated heterocycles. The van der Waals surface area contributed by atoms with Gasteiger partial charge in [-0.05, 0) is 43.4 Å². The Morgan fingerprint density at radius 1 is 1.30 bits per heavy atom. The summed E-state index contributed by atoms with van der Waals surface area (Å²) in [6, 6.07) is 3.49. The number of rotatable bonds is 3. The number of carbonyl (C=O) groups is 1. The SMILES string of the molecule is C[C@@H](C1CC1)N1Cc2cc(-c3cnc4c(N)nc(C(F)(F)F)cn34)cc(Cl)c2C1=O. The zero-order chi connectivity index (χ0) is 21.4. The quantitative estimate of drug-likeness (QED) is 0.661. The molecule has 30 heavy (non-hydrogen) atoms. The number of hydrogen-bond donors (Lipinski definition) is 1. The molecule has 6 nitrogen and oxygen atoms in total. The van der Waals surface area contributed by atoms with Gasteiger partial charge in [-0.2, -0.15) is 13.2 Å². The van der Waals surface area contributed by atoms with E-state index in [1.807, 2.05) is 11.8 Å². The van der Waals surface area contributed by atoms with Crippen molar-refractivity contribution >= 4 is 29.0 Å². The van der Waals surface area contributed by atoms with Gasteiger partial charge in [0.2, 0.25) is 0 Å². The summed E-state index contributed by atoms with van der Waals surface area (Å²) in [5.74, 6) is 0.0892. The fourth-order valence-corrected chi connectivity index (χ4v) is 4.42. The van der Waals surface area contributed by atoms with Crippen molar-refractivity contribution in [2.45, 2.75) is 38.5 Å². The summed E-state index contributed by atoms with van der Waals surface area (Å²) in [5, 5.41) is 0.269. The molecule has 1 aromatic carbocycles. The van der Waals surface area contributed by atoms with Crippen molar-refractivity contribution < 1.29 is 18.0 Å². The van der Waals surface area contributed by atoms with Crippen LogP contribution >= 0.6 is 11.6 Å². The number of carbonyl (C=O) groups excluding carboxylic acids is 1. The molecule has 0 radical (unpaired) electrons. The lowest BCUT2D eigenvalue weighted by molar-refractivity contribution is -0.141. The molecule has 156 valence electrons. The van der Waals surface area contributed by atoms with E-state index in [1.165, 1.54) is 10.6 Å². The molecule has 1 saturated carbocycles. The van der Waals surface area contributed by atoms with Crippen LogP contribution in [-0.2, 0) is 12.7 Å². The van der Waals surface area contributed by atoms with Crippen molar-refractivity contribution in [2.75, 3.05) is 5.73 Å². The molecule has 1 aliphatic carbocycles. The molecule has 2 aliphatic rings. The topological polar surface area (TPSA) is 76.5 Å². The van der Waals surface area contributed by atoms with Crippen molar-refractivity contribution in [3.05, 3.63) is 46.4 Å². The van der Waals surface area contributed by atoms with Gasteiger partial charge in [0.1, 0.15) is 0 Å². The molecule has 3 heterocycles. The molecule has 1 fully saturated rings. The number of alkyl halides is 3. The number of imidazole rings is 1. The number of hydrogen-bond acceptors (Lipinski definition) is 4. The maximum Gasteiger partial charge on any atom is 0.434 e. The fourth-order valence-electron chi connectivity index (χ4n) is 4.10. The molecule has 1 amide bonds. The largest absolute Gasteiger partial charge is 0.434 e. The molecule has 5 rings (SSSR count). The van der Waals surface area contributed by atoms with Gasteiger partial charge in [0.15, 0.2) is 17.2 Å². The van der Waals surface area contributed by atoms with Gasteiger partial charge >= 0.3 is 6.18 Å². The van der Waals surface area contributed by atoms with Crippen molar-refractivity contribution in [1.29, 1.82) is 0 Å². The average Bonchev–Trinajstić information content (AvgIpc) is 3.34. The molecular formula is C20H17ClF3N5O. The zero-order valence-electron chi connectivity index (χ0n) is 15.9. The van der Waals surface area contributed by atoms with Gasteiger partial charge in [0, 0.05) is 24.3 Å². The number of nitrogen functional groups attached to an aromatic ring is 1. The van der Waals surface area contributed by atoms with E-state index in [2.05, 4.69) is 9.97 Å². The van der Waals surface area contributed by atoms with Crippen LogP contribution in [0.5, 0.6) is 0 Å². The van der Waals surface area contributed by atoms with Gasteiger partial charge in [-0.15, -0.1) is 0 Å². The van der Waals surface area contributed by atoms with E-state index in [4.69, 9.17) is 17.3 Å². The maximum atomic E-state index is 13.2. The van der Waals surface area contributed by atoms with Crippen LogP contribution < -0.4 is 5.73 Å². The Morgan fingerprint density at radius 3 is 2.70 bits per heavy atom. The minimum Gasteiger partial charge on any atom is -0.381 e. The van der Waals surface area contributed by atoms with Gasteiger partial charge in [-0.3, -0.25) is 9.20 Å². The molecule has 3 aromatic rings. The summed E-state index contributed by atoms with van der Waals surface area (Å²) in [5.41, 5.74) is 6.85. The number of benzene rings is 1. The number of halogens is 4. The molecule has 0 bridgehead atoms. The van der Waals surface area contributed by atoms with Crippen LogP contribution in [0.3, 0.4) is 0 Å². The van der Waals surface area contributed by atoms with Crippen molar-refractivity contribution in [1.82, 2.24) is 19.3 Å². The first-order valence-corrected chi connectivity index (χ1v) is 9.87. The molecular weight excluding hydrogens is 419 g/mol. The Morgan fingerprint density at radius 2 is 2.03 bits per heavy atom. The Bertz CT molecular complexity index is 1200. The Labute approximate surface area is 174 Å². The summed E-state index contributed by atoms with van der Waals surface area (Å²) in [4.78, 5) is 22.2. The van der Waals surface area contributed by atoms with Crippen LogP contribution in [0.25, 0.3) is 16.9 Å². The van der Waals surface area contributed by atoms with Gasteiger partial charge in [-0.1, -0.05) is 11.6 Å². The summed E-state index contributed by atoms with van der Waals surface area (Å²) < 4.78 is 40.8. The lowest BCUT2D eigenvalue weighted by Crippen LogP contribution is -2.34. The molecule has 0 spiro atoms. The molecule has 2 aromatic heterocycles. The highest BCUT2D eigenvalue weighted by Gasteiger charge is 2.40. The van der Waals surface area contributed by atoms with E-state index in [-0.39, 0.29) is 28.4 Å². The van der Waals surface area contributed by atoms with Crippen molar-refractivity contribution in [2.24, 2.45) is 5.92 Å². The summed E-state index contributed by atoms with van der Waals surface area (Å²) in [6.07, 6.45) is -0.141. The normalized spacial score (nSPS) is 17.6. The third-order valence-corrected chi connectivity index (χ3v) is 6.19. The Kier molecular flexibility index (Phi) is 4.05. The zero-order valence-corrected chi connectivity index (χ0v) is 16.6. The van der Waals surface area contributed by atoms with Gasteiger partial charge in [0.05, 0.1) is 22.5 Å². The van der Waals surface area contributed by atoms with Crippen LogP contribution in [0.1, 0.15) is 41.4 Å². The summed E-state index contributed by atoms with van der Waals surface area (Å²) in [7, 11) is 0. The Balaban J connectivity index is 1.61. The predicted molar refractivity (Wildman–Crippen MR) is 105 cm³/mol. The highest BCUT2D eigenvalue weighted by Crippen LogP contribution is 2.41. The van der Waals surface area contributed by atoms with Crippen LogP contribution in [0, 0.1) is 5.92 Å². The molecule has 2 N–H and O–H groups in total. The standard InChI is InChI=1S/C20H17ClF3N5O/c1-9(10-2-3-10)28-7-12-4-11(5-13(21)16(12)19(28)30)14-6-26-18-17(25)27-15(8-29(14)18)20(22,23)24/h4-6,8-10H,2-3,7H2,1H3,(H2,25,27)/t9-/m0/s1. The number of nitrogens with two attached hydrogens (primary N) is 1. The molecule has 0 unspecified atom stereocenters. The number of aromatic nitrogens is 3. The van der Waals surface area contributed by atoms with Crippen LogP contribution in [-0.4, -0.2) is 31.2 Å². The van der Waals surface area contributed by atoms with Crippen LogP contribution in [0.4, 0.5) is 19.0 Å². The average molecular weight is 436 g/mol. The molecule has 1 atom stereocenters. The minimum absolute atomic E-state index is 0.105. The minimum atomic E-state index is -4.65. The third-order valence-electron chi connectivity index (χ3n) is 5.89. The summed E-state index contributed by atoms with van der Waals surface area (Å²) in [6.45, 7) is 2.46. The number of fused-ring (bicyclic) bond motifs is 2. The van der Waals surface area contributed by atoms with Crippen LogP contribution in [0.15, 0.2) is 24.5 Å². The van der Waals surface area contributed by atoms with Crippen molar-refractivity contribution in [3.63, 3.8) is 0 Å². The van der Waals surface area contributed by atoms with Gasteiger partial charge in [0.25, 0.3) is 5.91 Å². The second kappa shape index (κ2) is 6.34. The highest BCUT2D eigenvalue weighted by molar-refractivity contribution is 6.34. The number of nitrogens with zero attached hydrogens (tertiary/aromatic N) is 4.